The highest BCUT2D eigenvalue weighted by atomic mass is 16.5. The van der Waals surface area contributed by atoms with Gasteiger partial charge in [-0.25, -0.2) is 0 Å². The standard InChI is InChI=1S/C19H14O4/c1-21-12-5-3-11-4-8-16-18(15(11)9-12)19(20)14-7-6-13(22-2)10-17(14)23-16/h3-10H,1-2H3. The predicted molar refractivity (Wildman–Crippen MR) is 90.6 cm³/mol. The Labute approximate surface area is 131 Å². The summed E-state index contributed by atoms with van der Waals surface area (Å²) in [4.78, 5) is 13.0. The third kappa shape index (κ3) is 2.03. The lowest BCUT2D eigenvalue weighted by Gasteiger charge is -2.07. The van der Waals surface area contributed by atoms with Gasteiger partial charge in [0.1, 0.15) is 22.7 Å². The Hall–Kier alpha value is -3.01. The Kier molecular flexibility index (Phi) is 2.98. The fraction of sp³-hybridized carbons (Fsp3) is 0.105. The highest BCUT2D eigenvalue weighted by Gasteiger charge is 2.12. The molecular formula is C19H14O4. The molecule has 0 aliphatic rings. The molecule has 0 fully saturated rings. The first kappa shape index (κ1) is 13.6. The minimum Gasteiger partial charge on any atom is -0.497 e. The maximum absolute atomic E-state index is 13.0. The van der Waals surface area contributed by atoms with Crippen molar-refractivity contribution in [3.05, 3.63) is 58.8 Å². The van der Waals surface area contributed by atoms with Crippen LogP contribution in [0.2, 0.25) is 0 Å². The Morgan fingerprint density at radius 3 is 2.26 bits per heavy atom. The summed E-state index contributed by atoms with van der Waals surface area (Å²) in [6.07, 6.45) is 0. The van der Waals surface area contributed by atoms with Gasteiger partial charge < -0.3 is 13.9 Å². The van der Waals surface area contributed by atoms with Crippen molar-refractivity contribution in [3.63, 3.8) is 0 Å². The summed E-state index contributed by atoms with van der Waals surface area (Å²) in [5, 5.41) is 2.90. The fourth-order valence-corrected chi connectivity index (χ4v) is 2.88. The first-order valence-corrected chi connectivity index (χ1v) is 7.22. The third-order valence-electron chi connectivity index (χ3n) is 4.07. The van der Waals surface area contributed by atoms with Gasteiger partial charge in [0.25, 0.3) is 0 Å². The van der Waals surface area contributed by atoms with Gasteiger partial charge in [-0.1, -0.05) is 12.1 Å². The molecule has 0 aliphatic carbocycles. The maximum Gasteiger partial charge on any atom is 0.201 e. The summed E-state index contributed by atoms with van der Waals surface area (Å²) < 4.78 is 16.4. The van der Waals surface area contributed by atoms with Crippen molar-refractivity contribution in [2.75, 3.05) is 14.2 Å². The molecule has 0 bridgehead atoms. The van der Waals surface area contributed by atoms with Crippen LogP contribution in [0.3, 0.4) is 0 Å². The van der Waals surface area contributed by atoms with Gasteiger partial charge in [0.2, 0.25) is 5.43 Å². The van der Waals surface area contributed by atoms with Crippen LogP contribution in [0.25, 0.3) is 32.7 Å². The second-order valence-corrected chi connectivity index (χ2v) is 5.32. The molecule has 4 rings (SSSR count). The van der Waals surface area contributed by atoms with E-state index < -0.39 is 0 Å². The van der Waals surface area contributed by atoms with Gasteiger partial charge in [0.15, 0.2) is 0 Å². The molecule has 23 heavy (non-hydrogen) atoms. The molecule has 0 unspecified atom stereocenters. The number of methoxy groups -OCH3 is 2. The summed E-state index contributed by atoms with van der Waals surface area (Å²) in [6, 6.07) is 14.7. The summed E-state index contributed by atoms with van der Waals surface area (Å²) in [6.45, 7) is 0. The monoisotopic (exact) mass is 306 g/mol. The van der Waals surface area contributed by atoms with E-state index >= 15 is 0 Å². The van der Waals surface area contributed by atoms with Crippen molar-refractivity contribution in [3.8, 4) is 11.5 Å². The average molecular weight is 306 g/mol. The lowest BCUT2D eigenvalue weighted by atomic mass is 10.0. The van der Waals surface area contributed by atoms with Crippen LogP contribution in [0.5, 0.6) is 11.5 Å². The highest BCUT2D eigenvalue weighted by Crippen LogP contribution is 2.29. The van der Waals surface area contributed by atoms with E-state index in [-0.39, 0.29) is 5.43 Å². The number of rotatable bonds is 2. The van der Waals surface area contributed by atoms with Gasteiger partial charge in [0, 0.05) is 11.5 Å². The Morgan fingerprint density at radius 2 is 1.48 bits per heavy atom. The van der Waals surface area contributed by atoms with Crippen LogP contribution >= 0.6 is 0 Å². The van der Waals surface area contributed by atoms with E-state index in [9.17, 15) is 4.79 Å². The van der Waals surface area contributed by atoms with E-state index in [1.807, 2.05) is 30.3 Å². The minimum atomic E-state index is -0.0530. The minimum absolute atomic E-state index is 0.0530. The average Bonchev–Trinajstić information content (AvgIpc) is 2.60. The summed E-state index contributed by atoms with van der Waals surface area (Å²) in [5.41, 5.74) is 1.02. The van der Waals surface area contributed by atoms with Crippen LogP contribution < -0.4 is 14.9 Å². The molecular weight excluding hydrogens is 292 g/mol. The lowest BCUT2D eigenvalue weighted by Crippen LogP contribution is -2.03. The molecule has 0 N–H and O–H groups in total. The zero-order chi connectivity index (χ0) is 16.0. The molecule has 4 nitrogen and oxygen atoms in total. The number of hydrogen-bond donors (Lipinski definition) is 0. The molecule has 1 heterocycles. The van der Waals surface area contributed by atoms with Crippen molar-refractivity contribution < 1.29 is 13.9 Å². The van der Waals surface area contributed by atoms with Crippen LogP contribution in [0.4, 0.5) is 0 Å². The van der Waals surface area contributed by atoms with Crippen LogP contribution in [0.15, 0.2) is 57.7 Å². The van der Waals surface area contributed by atoms with Gasteiger partial charge in [-0.3, -0.25) is 4.79 Å². The summed E-state index contributed by atoms with van der Waals surface area (Å²) in [5.74, 6) is 1.36. The van der Waals surface area contributed by atoms with E-state index in [1.165, 1.54) is 0 Å². The molecule has 114 valence electrons. The quantitative estimate of drug-likeness (QED) is 0.413. The number of hydrogen-bond acceptors (Lipinski definition) is 4. The largest absolute Gasteiger partial charge is 0.497 e. The lowest BCUT2D eigenvalue weighted by molar-refractivity contribution is 0.414. The van der Waals surface area contributed by atoms with Gasteiger partial charge >= 0.3 is 0 Å². The molecule has 0 saturated heterocycles. The molecule has 0 spiro atoms. The van der Waals surface area contributed by atoms with Gasteiger partial charge in [-0.2, -0.15) is 0 Å². The highest BCUT2D eigenvalue weighted by molar-refractivity contribution is 6.08. The first-order valence-electron chi connectivity index (χ1n) is 7.22. The van der Waals surface area contributed by atoms with Crippen LogP contribution in [0, 0.1) is 0 Å². The topological polar surface area (TPSA) is 48.7 Å². The summed E-state index contributed by atoms with van der Waals surface area (Å²) >= 11 is 0. The normalized spacial score (nSPS) is 11.2. The van der Waals surface area contributed by atoms with Crippen molar-refractivity contribution in [2.24, 2.45) is 0 Å². The SMILES string of the molecule is COc1ccc2c(=O)c3c(ccc4ccc(OC)cc43)oc2c1. The Balaban J connectivity index is 2.19. The zero-order valence-corrected chi connectivity index (χ0v) is 12.8. The molecule has 4 heteroatoms. The smallest absolute Gasteiger partial charge is 0.201 e. The van der Waals surface area contributed by atoms with Crippen molar-refractivity contribution in [1.82, 2.24) is 0 Å². The third-order valence-corrected chi connectivity index (χ3v) is 4.07. The van der Waals surface area contributed by atoms with Crippen molar-refractivity contribution in [1.29, 1.82) is 0 Å². The van der Waals surface area contributed by atoms with E-state index in [1.54, 1.807) is 32.4 Å². The molecule has 3 aromatic carbocycles. The molecule has 0 aliphatic heterocycles. The van der Waals surface area contributed by atoms with Gasteiger partial charge in [0.05, 0.1) is 25.0 Å². The fourth-order valence-electron chi connectivity index (χ4n) is 2.88. The molecule has 0 saturated carbocycles. The van der Waals surface area contributed by atoms with E-state index in [0.717, 1.165) is 10.8 Å². The van der Waals surface area contributed by atoms with E-state index in [0.29, 0.717) is 33.4 Å². The van der Waals surface area contributed by atoms with Crippen molar-refractivity contribution >= 4 is 32.7 Å². The molecule has 4 aromatic rings. The Morgan fingerprint density at radius 1 is 0.783 bits per heavy atom. The van der Waals surface area contributed by atoms with Crippen molar-refractivity contribution in [2.45, 2.75) is 0 Å². The molecule has 0 atom stereocenters. The molecule has 0 amide bonds. The Bertz CT molecular complexity index is 1110. The van der Waals surface area contributed by atoms with Gasteiger partial charge in [-0.15, -0.1) is 0 Å². The number of fused-ring (bicyclic) bond motifs is 4. The zero-order valence-electron chi connectivity index (χ0n) is 12.8. The van der Waals surface area contributed by atoms with Crippen LogP contribution in [-0.4, -0.2) is 14.2 Å². The van der Waals surface area contributed by atoms with Crippen LogP contribution in [0.1, 0.15) is 0 Å². The molecule has 0 radical (unpaired) electrons. The maximum atomic E-state index is 13.0. The number of benzene rings is 3. The second kappa shape index (κ2) is 5.02. The van der Waals surface area contributed by atoms with Gasteiger partial charge in [-0.05, 0) is 35.7 Å². The van der Waals surface area contributed by atoms with E-state index in [4.69, 9.17) is 13.9 Å². The predicted octanol–water partition coefficient (Wildman–Crippen LogP) is 4.12. The molecule has 1 aromatic heterocycles. The van der Waals surface area contributed by atoms with Crippen LogP contribution in [-0.2, 0) is 0 Å². The number of ether oxygens (including phenoxy) is 2. The van der Waals surface area contributed by atoms with E-state index in [2.05, 4.69) is 0 Å². The first-order chi connectivity index (χ1) is 11.2. The summed E-state index contributed by atoms with van der Waals surface area (Å²) in [7, 11) is 3.19. The second-order valence-electron chi connectivity index (χ2n) is 5.32.